The Morgan fingerprint density at radius 1 is 1.00 bits per heavy atom. The minimum atomic E-state index is 0. The quantitative estimate of drug-likeness (QED) is 0.392. The molecule has 0 aromatic rings. The van der Waals surface area contributed by atoms with Gasteiger partial charge in [-0.3, -0.25) is 0 Å². The fraction of sp³-hybridized carbons (Fsp3) is 0. The Hall–Kier alpha value is 3.43. The van der Waals surface area contributed by atoms with Crippen molar-refractivity contribution in [2.45, 2.75) is 0 Å². The molecule has 0 N–H and O–H groups in total. The van der Waals surface area contributed by atoms with E-state index in [-0.39, 0.29) is 110 Å². The van der Waals surface area contributed by atoms with Crippen molar-refractivity contribution in [3.63, 3.8) is 0 Å². The van der Waals surface area contributed by atoms with Crippen molar-refractivity contribution in [3.05, 3.63) is 0 Å². The summed E-state index contributed by atoms with van der Waals surface area (Å²) >= 11 is 0. The Bertz CT molecular complexity index is 15.5. The van der Waals surface area contributed by atoms with Crippen molar-refractivity contribution in [2.24, 2.45) is 0 Å². The van der Waals surface area contributed by atoms with Crippen molar-refractivity contribution >= 4 is 0 Å². The molecule has 0 unspecified atom stereocenters. The van der Waals surface area contributed by atoms with E-state index >= 15 is 0 Å². The van der Waals surface area contributed by atoms with Crippen molar-refractivity contribution in [1.82, 2.24) is 0 Å². The van der Waals surface area contributed by atoms with Crippen LogP contribution in [0.25, 0.3) is 0 Å². The first kappa shape index (κ1) is 57.0. The van der Waals surface area contributed by atoms with Crippen LogP contribution in [0, 0.1) is 0 Å². The molecule has 0 spiro atoms. The summed E-state index contributed by atoms with van der Waals surface area (Å²) in [5, 5.41) is 0. The van der Waals surface area contributed by atoms with Crippen LogP contribution in [0.4, 0.5) is 0 Å². The smallest absolute Gasteiger partial charge is 0 e. The molecule has 52 valence electrons. The van der Waals surface area contributed by atoms with E-state index in [0.717, 1.165) is 0 Å². The maximum absolute atomic E-state index is 0. The van der Waals surface area contributed by atoms with Crippen LogP contribution in [-0.4, -0.2) is 0 Å². The van der Waals surface area contributed by atoms with Crippen molar-refractivity contribution in [1.29, 1.82) is 0 Å². The molecule has 0 rings (SSSR count). The Kier molecular flexibility index (Phi) is 376. The van der Waals surface area contributed by atoms with Crippen LogP contribution in [0.3, 0.4) is 0 Å². The number of hydrogen-bond donors (Lipinski definition) is 0. The number of rotatable bonds is 0. The summed E-state index contributed by atoms with van der Waals surface area (Å²) in [6, 6.07) is 0. The second kappa shape index (κ2) is 39.6. The largest absolute Gasteiger partial charge is 0 e. The van der Waals surface area contributed by atoms with Crippen LogP contribution in [0.5, 0.6) is 0 Å². The first-order chi connectivity index (χ1) is 0. The minimum absolute atomic E-state index is 0. The summed E-state index contributed by atoms with van der Waals surface area (Å²) in [5.74, 6) is 0. The first-order valence-corrected chi connectivity index (χ1v) is 0. The van der Waals surface area contributed by atoms with Gasteiger partial charge >= 0.3 is 0 Å². The molecule has 0 atom stereocenters. The van der Waals surface area contributed by atoms with Crippen LogP contribution in [0.15, 0.2) is 0 Å². The van der Waals surface area contributed by atoms with Gasteiger partial charge in [-0.1, -0.05) is 0 Å². The molecule has 0 aliphatic rings. The zero-order valence-corrected chi connectivity index (χ0v) is 10.6. The number of hydrogen-bond acceptors (Lipinski definition) is 0. The third-order valence-corrected chi connectivity index (χ3v) is 0. The van der Waals surface area contributed by atoms with Crippen LogP contribution in [0.1, 0.15) is 0 Å². The maximum Gasteiger partial charge on any atom is 0 e. The van der Waals surface area contributed by atoms with E-state index in [1.807, 2.05) is 0 Å². The van der Waals surface area contributed by atoms with Gasteiger partial charge in [0.1, 0.15) is 0 Å². The second-order valence-electron chi connectivity index (χ2n) is 0. The summed E-state index contributed by atoms with van der Waals surface area (Å²) in [5.41, 5.74) is 0. The summed E-state index contributed by atoms with van der Waals surface area (Å²) in [4.78, 5) is 0. The zero-order valence-electron chi connectivity index (χ0n) is 2.07. The SMILES string of the molecule is [Cu].[Fe].[Mn].[Mo].[Ni].[Pt]. The molecule has 0 bridgehead atoms. The summed E-state index contributed by atoms with van der Waals surface area (Å²) in [7, 11) is 0. The predicted octanol–water partition coefficient (Wildman–Crippen LogP) is -0.0150. The minimum Gasteiger partial charge on any atom is 0 e. The molecule has 0 fully saturated rings. The normalized spacial score (nSPS) is 0. The third-order valence-electron chi connectivity index (χ3n) is 0. The van der Waals surface area contributed by atoms with Gasteiger partial charge in [-0.15, -0.1) is 0 Å². The summed E-state index contributed by atoms with van der Waals surface area (Å²) < 4.78 is 0. The molecule has 6 heteroatoms. The molecular formula is CuFeMnMoNiPt. The zero-order chi connectivity index (χ0) is 0. The Labute approximate surface area is 108 Å². The van der Waals surface area contributed by atoms with Crippen molar-refractivity contribution in [2.75, 3.05) is 0 Å². The molecular weight excluding hydrogens is 524 g/mol. The van der Waals surface area contributed by atoms with Gasteiger partial charge in [0.2, 0.25) is 0 Å². The molecule has 0 nitrogen and oxygen atoms in total. The standard InChI is InChI=1S/Cu.Fe.Mn.Mo.Ni.Pt. The second-order valence-corrected chi connectivity index (χ2v) is 0. The van der Waals surface area contributed by atoms with E-state index in [2.05, 4.69) is 0 Å². The van der Waals surface area contributed by atoms with Gasteiger partial charge in [0.15, 0.2) is 0 Å². The predicted molar refractivity (Wildman–Crippen MR) is 0 cm³/mol. The monoisotopic (exact) mass is 525 g/mol. The van der Waals surface area contributed by atoms with E-state index in [4.69, 9.17) is 0 Å². The average Bonchev–Trinajstić information content (AvgIpc) is 0. The molecule has 0 aromatic carbocycles. The van der Waals surface area contributed by atoms with Gasteiger partial charge in [-0.05, 0) is 0 Å². The van der Waals surface area contributed by atoms with Gasteiger partial charge in [-0.2, -0.15) is 0 Å². The van der Waals surface area contributed by atoms with Crippen LogP contribution < -0.4 is 0 Å². The molecule has 0 aliphatic heterocycles. The molecule has 6 heavy (non-hydrogen) atoms. The van der Waals surface area contributed by atoms with E-state index in [0.29, 0.717) is 0 Å². The van der Waals surface area contributed by atoms with Gasteiger partial charge < -0.3 is 0 Å². The summed E-state index contributed by atoms with van der Waals surface area (Å²) in [6.07, 6.45) is 0. The fourth-order valence-corrected chi connectivity index (χ4v) is 0. The molecule has 0 amide bonds. The Morgan fingerprint density at radius 3 is 1.00 bits per heavy atom. The molecule has 0 aliphatic carbocycles. The maximum atomic E-state index is 0. The fourth-order valence-electron chi connectivity index (χ4n) is 0. The Balaban J connectivity index is 0. The summed E-state index contributed by atoms with van der Waals surface area (Å²) in [6.45, 7) is 0. The van der Waals surface area contributed by atoms with Crippen LogP contribution in [-0.2, 0) is 110 Å². The topological polar surface area (TPSA) is 0 Å². The van der Waals surface area contributed by atoms with Crippen molar-refractivity contribution in [3.8, 4) is 0 Å². The van der Waals surface area contributed by atoms with E-state index < -0.39 is 0 Å². The van der Waals surface area contributed by atoms with Gasteiger partial charge in [-0.25, -0.2) is 0 Å². The Morgan fingerprint density at radius 2 is 1.00 bits per heavy atom. The van der Waals surface area contributed by atoms with E-state index in [1.165, 1.54) is 0 Å². The van der Waals surface area contributed by atoms with Gasteiger partial charge in [0.25, 0.3) is 0 Å². The third kappa shape index (κ3) is 26.1. The first-order valence-electron chi connectivity index (χ1n) is 0. The van der Waals surface area contributed by atoms with Crippen LogP contribution in [0.2, 0.25) is 0 Å². The molecule has 0 saturated carbocycles. The van der Waals surface area contributed by atoms with Crippen LogP contribution >= 0.6 is 0 Å². The average molecular weight is 524 g/mol. The van der Waals surface area contributed by atoms with Crippen molar-refractivity contribution < 1.29 is 110 Å². The van der Waals surface area contributed by atoms with Gasteiger partial charge in [0, 0.05) is 110 Å². The van der Waals surface area contributed by atoms with Gasteiger partial charge in [0.05, 0.1) is 0 Å². The molecule has 2 radical (unpaired) electrons. The molecule has 0 heterocycles. The van der Waals surface area contributed by atoms with E-state index in [9.17, 15) is 0 Å². The van der Waals surface area contributed by atoms with E-state index in [1.54, 1.807) is 0 Å². The molecule has 0 aromatic heterocycles. The molecule has 0 saturated heterocycles.